The summed E-state index contributed by atoms with van der Waals surface area (Å²) in [6.45, 7) is 9.50. The monoisotopic (exact) mass is 354 g/mol. The number of fused-ring (bicyclic) bond motifs is 2. The molecular formula is C19H30O6. The number of aliphatic hydroxyl groups is 2. The first-order chi connectivity index (χ1) is 11.7. The Morgan fingerprint density at radius 1 is 1.40 bits per heavy atom. The number of hydrogen-bond acceptors (Lipinski definition) is 6. The van der Waals surface area contributed by atoms with Crippen LogP contribution in [0.1, 0.15) is 40.0 Å². The van der Waals surface area contributed by atoms with E-state index in [1.54, 1.807) is 13.2 Å². The highest BCUT2D eigenvalue weighted by molar-refractivity contribution is 5.70. The van der Waals surface area contributed by atoms with Crippen molar-refractivity contribution in [2.75, 3.05) is 7.11 Å². The van der Waals surface area contributed by atoms with E-state index in [0.717, 1.165) is 5.57 Å². The topological polar surface area (TPSA) is 85.2 Å². The molecule has 2 bridgehead atoms. The molecule has 2 N–H and O–H groups in total. The summed E-state index contributed by atoms with van der Waals surface area (Å²) >= 11 is 0. The van der Waals surface area contributed by atoms with Crippen LogP contribution in [-0.2, 0) is 19.0 Å². The molecule has 2 aliphatic heterocycles. The first-order valence-corrected chi connectivity index (χ1v) is 8.79. The highest BCUT2D eigenvalue weighted by Crippen LogP contribution is 2.38. The Bertz CT molecular complexity index is 530. The first kappa shape index (κ1) is 20.1. The Balaban J connectivity index is 2.41. The second-order valence-electron chi connectivity index (χ2n) is 7.38. The van der Waals surface area contributed by atoms with E-state index in [4.69, 9.17) is 14.2 Å². The number of carbonyl (C=O) groups is 1. The molecule has 6 nitrogen and oxygen atoms in total. The molecule has 0 unspecified atom stereocenters. The summed E-state index contributed by atoms with van der Waals surface area (Å²) in [4.78, 5) is 12.2. The average Bonchev–Trinajstić information content (AvgIpc) is 2.53. The zero-order valence-corrected chi connectivity index (χ0v) is 15.5. The lowest BCUT2D eigenvalue weighted by Crippen LogP contribution is -2.55. The van der Waals surface area contributed by atoms with Crippen molar-refractivity contribution in [3.8, 4) is 0 Å². The van der Waals surface area contributed by atoms with Gasteiger partial charge >= 0.3 is 5.97 Å². The molecule has 0 aromatic rings. The first-order valence-electron chi connectivity index (χ1n) is 8.79. The maximum atomic E-state index is 12.2. The van der Waals surface area contributed by atoms with Crippen molar-refractivity contribution in [3.05, 3.63) is 24.3 Å². The van der Waals surface area contributed by atoms with Crippen molar-refractivity contribution in [1.82, 2.24) is 0 Å². The van der Waals surface area contributed by atoms with Crippen LogP contribution in [0.25, 0.3) is 0 Å². The third-order valence-corrected chi connectivity index (χ3v) is 5.26. The fourth-order valence-corrected chi connectivity index (χ4v) is 3.74. The van der Waals surface area contributed by atoms with Crippen molar-refractivity contribution in [1.29, 1.82) is 0 Å². The molecule has 0 amide bonds. The van der Waals surface area contributed by atoms with Gasteiger partial charge in [0.15, 0.2) is 5.79 Å². The summed E-state index contributed by atoms with van der Waals surface area (Å²) in [5.41, 5.74) is 1.01. The van der Waals surface area contributed by atoms with Crippen molar-refractivity contribution >= 4 is 5.97 Å². The number of rotatable bonds is 2. The van der Waals surface area contributed by atoms with Gasteiger partial charge in [-0.1, -0.05) is 38.2 Å². The quantitative estimate of drug-likeness (QED) is 0.582. The second-order valence-corrected chi connectivity index (χ2v) is 7.38. The standard InChI is InChI=1S/C19H30O6/c1-6-14-7-11(2)8-16(23-5)13(4)18-12(3)15(20)9-19(22,25-18)10-17(21)24-14/h6,8,12-16,18,20,22H,1,7,9-10H2,2-5H3/b11-8+/t12-,13-,14-,15+,16-,18-,19+/m1/s1. The molecule has 0 saturated carbocycles. The predicted molar refractivity (Wildman–Crippen MR) is 92.6 cm³/mol. The molecular weight excluding hydrogens is 324 g/mol. The summed E-state index contributed by atoms with van der Waals surface area (Å²) in [6.07, 6.45) is 1.74. The minimum absolute atomic E-state index is 0.0300. The lowest BCUT2D eigenvalue weighted by molar-refractivity contribution is -0.301. The van der Waals surface area contributed by atoms with E-state index in [0.29, 0.717) is 6.42 Å². The molecule has 2 aliphatic rings. The molecule has 1 saturated heterocycles. The van der Waals surface area contributed by atoms with Gasteiger partial charge in [-0.25, -0.2) is 0 Å². The molecule has 1 fully saturated rings. The minimum Gasteiger partial charge on any atom is -0.458 e. The zero-order chi connectivity index (χ0) is 18.8. The van der Waals surface area contributed by atoms with Crippen LogP contribution in [0.3, 0.4) is 0 Å². The maximum absolute atomic E-state index is 12.2. The van der Waals surface area contributed by atoms with Gasteiger partial charge in [0, 0.05) is 31.8 Å². The van der Waals surface area contributed by atoms with Crippen molar-refractivity contribution in [2.45, 2.75) is 70.2 Å². The predicted octanol–water partition coefficient (Wildman–Crippen LogP) is 1.95. The van der Waals surface area contributed by atoms with Gasteiger partial charge in [0.05, 0.1) is 24.7 Å². The van der Waals surface area contributed by atoms with E-state index in [1.165, 1.54) is 0 Å². The van der Waals surface area contributed by atoms with Crippen LogP contribution in [0.2, 0.25) is 0 Å². The SMILES string of the molecule is C=C[C@@H]1C/C(C)=C/[C@@H](OC)[C@@H](C)[C@@H]2O[C@](O)(CC(=O)O1)C[C@H](O)[C@H]2C. The van der Waals surface area contributed by atoms with Crippen LogP contribution in [-0.4, -0.2) is 53.5 Å². The number of ether oxygens (including phenoxy) is 3. The molecule has 0 aliphatic carbocycles. The van der Waals surface area contributed by atoms with E-state index in [-0.39, 0.29) is 30.8 Å². The van der Waals surface area contributed by atoms with Crippen LogP contribution < -0.4 is 0 Å². The summed E-state index contributed by atoms with van der Waals surface area (Å²) in [5.74, 6) is -2.63. The van der Waals surface area contributed by atoms with Crippen LogP contribution in [0.5, 0.6) is 0 Å². The Morgan fingerprint density at radius 2 is 2.08 bits per heavy atom. The normalized spacial score (nSPS) is 45.4. The third-order valence-electron chi connectivity index (χ3n) is 5.26. The van der Waals surface area contributed by atoms with Gasteiger partial charge in [0.25, 0.3) is 0 Å². The van der Waals surface area contributed by atoms with E-state index in [2.05, 4.69) is 6.58 Å². The lowest BCUT2D eigenvalue weighted by Gasteiger charge is -2.46. The van der Waals surface area contributed by atoms with Crippen LogP contribution in [0.15, 0.2) is 24.3 Å². The van der Waals surface area contributed by atoms with Gasteiger partial charge in [0.1, 0.15) is 6.10 Å². The summed E-state index contributed by atoms with van der Waals surface area (Å²) in [5, 5.41) is 21.2. The van der Waals surface area contributed by atoms with E-state index >= 15 is 0 Å². The Hall–Kier alpha value is -1.21. The van der Waals surface area contributed by atoms with Crippen molar-refractivity contribution in [2.24, 2.45) is 11.8 Å². The lowest BCUT2D eigenvalue weighted by atomic mass is 9.80. The number of cyclic esters (lactones) is 1. The number of methoxy groups -OCH3 is 1. The number of esters is 1. The summed E-state index contributed by atoms with van der Waals surface area (Å²) < 4.78 is 16.9. The van der Waals surface area contributed by atoms with Crippen molar-refractivity contribution in [3.63, 3.8) is 0 Å². The molecule has 0 aromatic heterocycles. The Morgan fingerprint density at radius 3 is 2.68 bits per heavy atom. The van der Waals surface area contributed by atoms with E-state index < -0.39 is 30.1 Å². The minimum atomic E-state index is -1.75. The maximum Gasteiger partial charge on any atom is 0.311 e. The van der Waals surface area contributed by atoms with Gasteiger partial charge in [-0.15, -0.1) is 0 Å². The highest BCUT2D eigenvalue weighted by Gasteiger charge is 2.48. The van der Waals surface area contributed by atoms with Gasteiger partial charge < -0.3 is 24.4 Å². The molecule has 0 aromatic carbocycles. The van der Waals surface area contributed by atoms with E-state index in [9.17, 15) is 15.0 Å². The molecule has 2 rings (SSSR count). The van der Waals surface area contributed by atoms with Crippen LogP contribution in [0, 0.1) is 11.8 Å². The number of aliphatic hydroxyl groups excluding tert-OH is 1. The molecule has 6 heteroatoms. The molecule has 2 heterocycles. The molecule has 0 spiro atoms. The van der Waals surface area contributed by atoms with Crippen molar-refractivity contribution < 1.29 is 29.2 Å². The largest absolute Gasteiger partial charge is 0.458 e. The second kappa shape index (κ2) is 7.99. The molecule has 0 radical (unpaired) electrons. The zero-order valence-electron chi connectivity index (χ0n) is 15.5. The van der Waals surface area contributed by atoms with Gasteiger partial charge in [0.2, 0.25) is 0 Å². The summed E-state index contributed by atoms with van der Waals surface area (Å²) in [6, 6.07) is 0. The molecule has 142 valence electrons. The van der Waals surface area contributed by atoms with Crippen LogP contribution in [0.4, 0.5) is 0 Å². The number of hydrogen-bond donors (Lipinski definition) is 2. The Kier molecular flexibility index (Phi) is 6.43. The number of carbonyl (C=O) groups excluding carboxylic acids is 1. The van der Waals surface area contributed by atoms with Gasteiger partial charge in [-0.05, 0) is 6.92 Å². The molecule has 25 heavy (non-hydrogen) atoms. The smallest absolute Gasteiger partial charge is 0.311 e. The fraction of sp³-hybridized carbons (Fsp3) is 0.737. The highest BCUT2D eigenvalue weighted by atomic mass is 16.6. The van der Waals surface area contributed by atoms with E-state index in [1.807, 2.05) is 26.8 Å². The Labute approximate surface area is 149 Å². The van der Waals surface area contributed by atoms with Gasteiger partial charge in [-0.3, -0.25) is 4.79 Å². The fourth-order valence-electron chi connectivity index (χ4n) is 3.74. The van der Waals surface area contributed by atoms with Gasteiger partial charge in [-0.2, -0.15) is 0 Å². The third kappa shape index (κ3) is 4.70. The van der Waals surface area contributed by atoms with Crippen LogP contribution >= 0.6 is 0 Å². The summed E-state index contributed by atoms with van der Waals surface area (Å²) in [7, 11) is 1.62. The molecule has 7 atom stereocenters. The average molecular weight is 354 g/mol.